The fourth-order valence-corrected chi connectivity index (χ4v) is 13.1. The SMILES string of the molecule is [2H]C([2H])([2H])OC([2H])([2H])C([2H])([2H])N1CCC(N(C(=O)C([2H])([2H])n2c(SCc3cccc(F)c3F)cc(=O)c3ccccc32)C([2H])(C)c2ccc(-c3ccc(C(F)(F)F)cc3)cc2)CC1.[2H]c1c([2H])c(F)c(F)c(CSc2c([2H])c(=O)c3c([2H])c(C)c([2H])c([2H])c3n2C([2H])([2H])C(=O)N(C2CCN(C([2H])([2H])C([2H])([2H])OC([2H])([2H])[2H])CC2)C([2H])([2H])c2c([2H])c([2H])c(-c3c([2H])c([2H])c(C(F)(F)F)c([2H])c3[2H])c([2H])c2[2H])c1[2H]. The van der Waals surface area contributed by atoms with Crippen molar-refractivity contribution in [3.8, 4) is 22.3 Å². The second-order valence-electron chi connectivity index (χ2n) is 23.3. The molecule has 106 heavy (non-hydrogen) atoms. The molecule has 2 amide bonds. The van der Waals surface area contributed by atoms with E-state index in [1.807, 2.05) is 0 Å². The first-order valence-corrected chi connectivity index (χ1v) is 33.6. The maximum atomic E-state index is 15.7. The summed E-state index contributed by atoms with van der Waals surface area (Å²) >= 11 is 0.739. The van der Waals surface area contributed by atoms with Crippen LogP contribution in [-0.4, -0.2) is 119 Å². The van der Waals surface area contributed by atoms with Crippen molar-refractivity contribution in [2.24, 2.45) is 0 Å². The van der Waals surface area contributed by atoms with Crippen molar-refractivity contribution in [3.63, 3.8) is 0 Å². The number of aromatic nitrogens is 2. The fourth-order valence-electron chi connectivity index (χ4n) is 11.2. The molecule has 2 aliphatic heterocycles. The minimum Gasteiger partial charge on any atom is -0.383 e. The maximum absolute atomic E-state index is 15.7. The topological polar surface area (TPSA) is 110 Å². The second-order valence-corrected chi connectivity index (χ2v) is 25.2. The van der Waals surface area contributed by atoms with Gasteiger partial charge in [-0.1, -0.05) is 121 Å². The number of methoxy groups -OCH3 is 2. The fraction of sp³-hybridized carbons (Fsp3) is 0.317. The lowest BCUT2D eigenvalue weighted by molar-refractivity contribution is -0.138. The van der Waals surface area contributed by atoms with Crippen LogP contribution in [-0.2, 0) is 62.4 Å². The van der Waals surface area contributed by atoms with E-state index in [0.717, 1.165) is 57.3 Å². The van der Waals surface area contributed by atoms with Gasteiger partial charge >= 0.3 is 12.4 Å². The Balaban J connectivity index is 0.000000278. The average Bonchev–Trinajstić information content (AvgIpc) is 0.704. The van der Waals surface area contributed by atoms with Gasteiger partial charge < -0.3 is 38.2 Å². The molecule has 12 nitrogen and oxygen atoms in total. The van der Waals surface area contributed by atoms with E-state index in [-0.39, 0.29) is 80.0 Å². The van der Waals surface area contributed by atoms with Crippen molar-refractivity contribution in [3.05, 3.63) is 270 Å². The lowest BCUT2D eigenvalue weighted by Gasteiger charge is -2.42. The van der Waals surface area contributed by atoms with Gasteiger partial charge in [0, 0.05) is 123 Å². The Morgan fingerprint density at radius 2 is 1.15 bits per heavy atom. The van der Waals surface area contributed by atoms with Crippen molar-refractivity contribution >= 4 is 57.1 Å². The number of thioether (sulfide) groups is 2. The van der Waals surface area contributed by atoms with Gasteiger partial charge in [0.15, 0.2) is 34.1 Å². The summed E-state index contributed by atoms with van der Waals surface area (Å²) in [4.78, 5) is 60.9. The number of piperidine rings is 2. The number of rotatable bonds is 24. The molecule has 2 fully saturated rings. The molecular formula is C82H80F10N6O6S2. The summed E-state index contributed by atoms with van der Waals surface area (Å²) in [6.45, 7) is -24.6. The van der Waals surface area contributed by atoms with E-state index in [1.54, 1.807) is 0 Å². The quantitative estimate of drug-likeness (QED) is 0.0428. The van der Waals surface area contributed by atoms with Crippen LogP contribution in [0.5, 0.6) is 0 Å². The van der Waals surface area contributed by atoms with E-state index >= 15 is 14.0 Å². The Bertz CT molecular complexity index is 6680. The second kappa shape index (κ2) is 35.1. The van der Waals surface area contributed by atoms with E-state index in [9.17, 15) is 58.7 Å². The molecule has 24 heteroatoms. The number of halogens is 10. The third-order valence-electron chi connectivity index (χ3n) is 16.5. The van der Waals surface area contributed by atoms with Gasteiger partial charge in [-0.15, -0.1) is 23.5 Å². The Labute approximate surface area is 667 Å². The number of carbonyl (C=O) groups excluding carboxylic acids is 2. The van der Waals surface area contributed by atoms with Gasteiger partial charge in [-0.25, -0.2) is 17.6 Å². The zero-order valence-corrected chi connectivity index (χ0v) is 56.8. The minimum absolute atomic E-state index is 0.0126. The third kappa shape index (κ3) is 19.2. The molecular weight excluding hydrogens is 1420 g/mol. The smallest absolute Gasteiger partial charge is 0.383 e. The zero-order chi connectivity index (χ0) is 107. The van der Waals surface area contributed by atoms with Crippen molar-refractivity contribution in [2.75, 3.05) is 66.4 Å². The number of hydrogen-bond donors (Lipinski definition) is 0. The highest BCUT2D eigenvalue weighted by Crippen LogP contribution is 2.37. The molecule has 0 bridgehead atoms. The first-order valence-electron chi connectivity index (χ1n) is 49.6. The number of ether oxygens (including phenoxy) is 2. The van der Waals surface area contributed by atoms with Crippen molar-refractivity contribution < 1.29 is 112 Å². The molecule has 556 valence electrons. The summed E-state index contributed by atoms with van der Waals surface area (Å²) in [6.07, 6.45) is -12.1. The van der Waals surface area contributed by atoms with Crippen LogP contribution < -0.4 is 10.9 Å². The summed E-state index contributed by atoms with van der Waals surface area (Å²) in [5.74, 6) is -11.1. The van der Waals surface area contributed by atoms with Crippen LogP contribution in [0.3, 0.4) is 0 Å². The van der Waals surface area contributed by atoms with Crippen LogP contribution in [0.25, 0.3) is 44.1 Å². The van der Waals surface area contributed by atoms with Crippen LogP contribution in [0.2, 0.25) is 0 Å². The standard InChI is InChI=1S/2C41H40F5N3O3S/c1-27(28-10-12-29(13-11-28)30-14-16-32(17-15-30)41(44,45)46)49(33-18-20-47(21-19-33)22-23-52-2)38(51)25-48-36-9-4-3-7-34(36)37(50)24-39(48)53-26-31-6-5-8-35(42)40(31)43;1-27-6-15-36-34(22-27)37(50)23-39(53-26-31-4-3-5-35(42)40(31)43)49(36)25-38(51)48(33-16-18-47(19-17-33)20-21-52-2)24-28-7-9-29(10-8-28)30-11-13-32(14-12-30)41(44,45)46/h3-17,24,27,33H,18-23,25-26H2,1-2H3;3-15,22-23,33H,16-21,24-26H2,1-2H3/i2D3,22D2,23D2,25D2,27D;2D3,3D,4D,5D,6D,7D,8D,9D,10D,11D,12D,13D,14D,15D,20D2,21D2,22D,23D,24D2,25D2. The van der Waals surface area contributed by atoms with Gasteiger partial charge in [0.2, 0.25) is 11.8 Å². The molecule has 0 spiro atoms. The number of carbonyl (C=O) groups is 2. The Morgan fingerprint density at radius 1 is 0.585 bits per heavy atom. The van der Waals surface area contributed by atoms with Crippen LogP contribution in [0.1, 0.15) is 127 Å². The molecule has 2 saturated heterocycles. The molecule has 12 rings (SSSR count). The minimum atomic E-state index is -5.49. The average molecular weight is 1540 g/mol. The number of amides is 2. The molecule has 0 radical (unpaired) electrons. The van der Waals surface area contributed by atoms with Crippen LogP contribution in [0.4, 0.5) is 43.9 Å². The number of pyridine rings is 2. The van der Waals surface area contributed by atoms with E-state index in [4.69, 9.17) is 39.8 Å². The molecule has 10 aromatic rings. The number of likely N-dealkylation sites (tertiary alicyclic amines) is 2. The van der Waals surface area contributed by atoms with Crippen LogP contribution in [0.15, 0.2) is 207 Å². The molecule has 0 saturated carbocycles. The van der Waals surface area contributed by atoms with Gasteiger partial charge in [0.25, 0.3) is 0 Å². The highest BCUT2D eigenvalue weighted by molar-refractivity contribution is 7.98. The lowest BCUT2D eigenvalue weighted by Crippen LogP contribution is -2.49. The number of hydrogen-bond acceptors (Lipinski definition) is 10. The van der Waals surface area contributed by atoms with Gasteiger partial charge in [-0.2, -0.15) is 26.3 Å². The Hall–Kier alpha value is -9.04. The lowest BCUT2D eigenvalue weighted by atomic mass is 9.96. The number of alkyl halides is 6. The Morgan fingerprint density at radius 3 is 1.78 bits per heavy atom. The van der Waals surface area contributed by atoms with Crippen LogP contribution in [0, 0.1) is 30.2 Å². The molecule has 2 aliphatic rings. The van der Waals surface area contributed by atoms with E-state index < -0.39 is 313 Å². The molecule has 4 heterocycles. The van der Waals surface area contributed by atoms with Gasteiger partial charge in [0.05, 0.1) is 95.2 Å². The number of benzene rings is 8. The number of nitrogens with zero attached hydrogens (tertiary/aromatic N) is 6. The number of fused-ring (bicyclic) bond motifs is 2. The summed E-state index contributed by atoms with van der Waals surface area (Å²) < 4.78 is 457. The first kappa shape index (κ1) is 43.7. The van der Waals surface area contributed by atoms with Crippen LogP contribution >= 0.6 is 23.5 Å². The van der Waals surface area contributed by atoms with Gasteiger partial charge in [-0.3, -0.25) is 19.2 Å². The normalized spacial score (nSPS) is 20.9. The van der Waals surface area contributed by atoms with Crippen molar-refractivity contribution in [2.45, 2.75) is 111 Å². The van der Waals surface area contributed by atoms with E-state index in [0.29, 0.717) is 16.0 Å². The predicted molar refractivity (Wildman–Crippen MR) is 395 cm³/mol. The molecule has 8 aromatic carbocycles. The van der Waals surface area contributed by atoms with E-state index in [2.05, 4.69) is 9.47 Å². The third-order valence-corrected chi connectivity index (χ3v) is 18.6. The molecule has 0 N–H and O–H groups in total. The monoisotopic (exact) mass is 1530 g/mol. The van der Waals surface area contributed by atoms with Gasteiger partial charge in [-0.05, 0) is 133 Å². The summed E-state index contributed by atoms with van der Waals surface area (Å²) in [5, 5.41) is -2.29. The molecule has 1 unspecified atom stereocenters. The van der Waals surface area contributed by atoms with Gasteiger partial charge in [0.1, 0.15) is 13.0 Å². The highest BCUT2D eigenvalue weighted by Gasteiger charge is 2.35. The summed E-state index contributed by atoms with van der Waals surface area (Å²) in [5.41, 5.74) is -10.7. The maximum Gasteiger partial charge on any atom is 0.416 e. The van der Waals surface area contributed by atoms with Crippen molar-refractivity contribution in [1.29, 1.82) is 0 Å². The highest BCUT2D eigenvalue weighted by atomic mass is 32.2. The predicted octanol–water partition coefficient (Wildman–Crippen LogP) is 17.7. The summed E-state index contributed by atoms with van der Waals surface area (Å²) in [6, 6.07) is -4.93. The Kier molecular flexibility index (Phi) is 14.5. The molecule has 1 atom stereocenters. The van der Waals surface area contributed by atoms with Crippen molar-refractivity contribution in [1.82, 2.24) is 28.7 Å². The summed E-state index contributed by atoms with van der Waals surface area (Å²) in [7, 11) is -6.82. The number of para-hydroxylation sites is 1. The molecule has 2 aromatic heterocycles. The first-order chi connectivity index (χ1) is 65.0. The zero-order valence-electron chi connectivity index (χ0n) is 91.2. The molecule has 0 aliphatic carbocycles. The van der Waals surface area contributed by atoms with E-state index in [1.165, 1.54) is 79.7 Å². The largest absolute Gasteiger partial charge is 0.416 e.